The van der Waals surface area contributed by atoms with Crippen molar-refractivity contribution < 1.29 is 4.79 Å². The molecule has 4 aromatic rings. The Hall–Kier alpha value is -4.08. The van der Waals surface area contributed by atoms with Crippen LogP contribution in [0.5, 0.6) is 0 Å². The smallest absolute Gasteiger partial charge is 0.254 e. The van der Waals surface area contributed by atoms with Crippen molar-refractivity contribution in [2.75, 3.05) is 0 Å². The average molecular weight is 474 g/mol. The van der Waals surface area contributed by atoms with Gasteiger partial charge in [-0.05, 0) is 38.0 Å². The molecular weight excluding hydrogens is 450 g/mol. The van der Waals surface area contributed by atoms with Crippen LogP contribution in [0.3, 0.4) is 0 Å². The van der Waals surface area contributed by atoms with Gasteiger partial charge < -0.3 is 5.32 Å². The Labute approximate surface area is 199 Å². The predicted molar refractivity (Wildman–Crippen MR) is 128 cm³/mol. The van der Waals surface area contributed by atoms with Gasteiger partial charge in [0.15, 0.2) is 11.5 Å². The standard InChI is InChI=1S/C23H23N9OS/c1-13(2)20(21-25-12-27-29-21)28-23(33)16-6-7-17(32-14(3)9-26-30-32)22-24-10-18(31(22)11-16)19-8-5-15(4)34-19/h5-6,8-13,20H,1-4H3,(H,28,33)(H,25,27,29). The third-order valence-electron chi connectivity index (χ3n) is 5.51. The molecule has 0 radical (unpaired) electrons. The fourth-order valence-electron chi connectivity index (χ4n) is 3.74. The fourth-order valence-corrected chi connectivity index (χ4v) is 4.61. The van der Waals surface area contributed by atoms with Crippen LogP contribution in [0, 0.1) is 19.8 Å². The highest BCUT2D eigenvalue weighted by atomic mass is 32.1. The van der Waals surface area contributed by atoms with E-state index in [4.69, 9.17) is 0 Å². The molecular formula is C23H23N9OS. The van der Waals surface area contributed by atoms with Crippen molar-refractivity contribution >= 4 is 29.1 Å². The minimum absolute atomic E-state index is 0.101. The SMILES string of the molecule is Cc1ccc(-c2cnc3n2C=C(C(=O)NC(c2ncn[nH]2)C(C)C)C=C=C3n2nncc2C)s1. The minimum atomic E-state index is -0.324. The summed E-state index contributed by atoms with van der Waals surface area (Å²) in [5.41, 5.74) is 5.96. The van der Waals surface area contributed by atoms with Crippen molar-refractivity contribution in [1.82, 2.24) is 45.0 Å². The van der Waals surface area contributed by atoms with E-state index in [9.17, 15) is 4.79 Å². The zero-order chi connectivity index (χ0) is 23.8. The number of carbonyl (C=O) groups excluding carboxylic acids is 1. The number of carbonyl (C=O) groups is 1. The van der Waals surface area contributed by atoms with Crippen molar-refractivity contribution in [3.63, 3.8) is 0 Å². The van der Waals surface area contributed by atoms with Crippen molar-refractivity contribution in [3.05, 3.63) is 70.5 Å². The zero-order valence-electron chi connectivity index (χ0n) is 19.1. The molecule has 0 spiro atoms. The van der Waals surface area contributed by atoms with Gasteiger partial charge in [0.1, 0.15) is 12.2 Å². The topological polar surface area (TPSA) is 119 Å². The van der Waals surface area contributed by atoms with E-state index in [0.29, 0.717) is 22.9 Å². The summed E-state index contributed by atoms with van der Waals surface area (Å²) in [7, 11) is 0. The lowest BCUT2D eigenvalue weighted by Crippen LogP contribution is -2.33. The summed E-state index contributed by atoms with van der Waals surface area (Å²) < 4.78 is 3.57. The van der Waals surface area contributed by atoms with Crippen LogP contribution in [0.2, 0.25) is 0 Å². The van der Waals surface area contributed by atoms with E-state index in [1.165, 1.54) is 11.2 Å². The predicted octanol–water partition coefficient (Wildman–Crippen LogP) is 3.35. The molecule has 1 unspecified atom stereocenters. The van der Waals surface area contributed by atoms with E-state index in [0.717, 1.165) is 16.3 Å². The number of aromatic nitrogens is 8. The molecule has 0 aromatic carbocycles. The maximum absolute atomic E-state index is 13.4. The molecule has 11 heteroatoms. The summed E-state index contributed by atoms with van der Waals surface area (Å²) >= 11 is 1.66. The average Bonchev–Trinajstić information content (AvgIpc) is 3.60. The molecule has 4 aromatic heterocycles. The second kappa shape index (κ2) is 8.69. The molecule has 1 aliphatic heterocycles. The van der Waals surface area contributed by atoms with Gasteiger partial charge in [-0.3, -0.25) is 14.5 Å². The van der Waals surface area contributed by atoms with Gasteiger partial charge in [-0.1, -0.05) is 24.8 Å². The van der Waals surface area contributed by atoms with Crippen LogP contribution in [0.25, 0.3) is 22.5 Å². The third kappa shape index (κ3) is 3.91. The first-order valence-electron chi connectivity index (χ1n) is 10.8. The molecule has 1 atom stereocenters. The number of imidazole rings is 1. The van der Waals surface area contributed by atoms with E-state index in [1.54, 1.807) is 40.7 Å². The van der Waals surface area contributed by atoms with Crippen LogP contribution in [-0.4, -0.2) is 45.6 Å². The van der Waals surface area contributed by atoms with Gasteiger partial charge in [0.2, 0.25) is 0 Å². The summed E-state index contributed by atoms with van der Waals surface area (Å²) in [6.45, 7) is 7.99. The van der Waals surface area contributed by atoms with Crippen molar-refractivity contribution in [1.29, 1.82) is 0 Å². The maximum atomic E-state index is 13.4. The minimum Gasteiger partial charge on any atom is -0.342 e. The number of hydrogen-bond donors (Lipinski definition) is 2. The van der Waals surface area contributed by atoms with Crippen molar-refractivity contribution in [2.45, 2.75) is 33.7 Å². The molecule has 10 nitrogen and oxygen atoms in total. The normalized spacial score (nSPS) is 13.9. The van der Waals surface area contributed by atoms with E-state index >= 15 is 0 Å². The summed E-state index contributed by atoms with van der Waals surface area (Å²) in [6, 6.07) is 3.80. The van der Waals surface area contributed by atoms with Crippen LogP contribution in [0.4, 0.5) is 0 Å². The molecule has 172 valence electrons. The lowest BCUT2D eigenvalue weighted by Gasteiger charge is -2.20. The summed E-state index contributed by atoms with van der Waals surface area (Å²) in [5, 5.41) is 18.1. The molecule has 0 saturated heterocycles. The van der Waals surface area contributed by atoms with Gasteiger partial charge in [0, 0.05) is 11.1 Å². The Balaban J connectivity index is 1.61. The molecule has 2 N–H and O–H groups in total. The number of nitrogens with one attached hydrogen (secondary N) is 2. The van der Waals surface area contributed by atoms with E-state index in [1.807, 2.05) is 25.3 Å². The van der Waals surface area contributed by atoms with Crippen LogP contribution in [0.1, 0.15) is 42.1 Å². The fraction of sp³-hybridized carbons (Fsp3) is 0.261. The van der Waals surface area contributed by atoms with Gasteiger partial charge in [-0.15, -0.1) is 16.4 Å². The number of nitrogens with zero attached hydrogens (tertiary/aromatic N) is 7. The van der Waals surface area contributed by atoms with Crippen molar-refractivity contribution in [2.24, 2.45) is 5.92 Å². The highest BCUT2D eigenvalue weighted by Gasteiger charge is 2.25. The van der Waals surface area contributed by atoms with E-state index in [-0.39, 0.29) is 17.9 Å². The summed E-state index contributed by atoms with van der Waals surface area (Å²) in [5.74, 6) is 1.06. The molecule has 5 rings (SSSR count). The zero-order valence-corrected chi connectivity index (χ0v) is 20.0. The largest absolute Gasteiger partial charge is 0.342 e. The molecule has 0 aliphatic carbocycles. The number of hydrogen-bond acceptors (Lipinski definition) is 7. The Morgan fingerprint density at radius 1 is 1.21 bits per heavy atom. The van der Waals surface area contributed by atoms with Crippen LogP contribution >= 0.6 is 11.3 Å². The molecule has 1 amide bonds. The Morgan fingerprint density at radius 3 is 2.71 bits per heavy atom. The highest BCUT2D eigenvalue weighted by molar-refractivity contribution is 7.15. The molecule has 1 aliphatic rings. The van der Waals surface area contributed by atoms with E-state index in [2.05, 4.69) is 60.6 Å². The summed E-state index contributed by atoms with van der Waals surface area (Å²) in [6.07, 6.45) is 8.34. The van der Waals surface area contributed by atoms with Gasteiger partial charge in [0.05, 0.1) is 40.3 Å². The molecule has 0 saturated carbocycles. The number of rotatable bonds is 6. The number of fused-ring (bicyclic) bond motifs is 1. The Bertz CT molecular complexity index is 1440. The number of thiophene rings is 1. The molecule has 5 heterocycles. The first-order valence-corrected chi connectivity index (χ1v) is 11.6. The lowest BCUT2D eigenvalue weighted by atomic mass is 10.0. The van der Waals surface area contributed by atoms with E-state index < -0.39 is 0 Å². The van der Waals surface area contributed by atoms with Gasteiger partial charge in [-0.25, -0.2) is 14.6 Å². The number of aryl methyl sites for hydroxylation is 2. The van der Waals surface area contributed by atoms with Gasteiger partial charge in [-0.2, -0.15) is 5.10 Å². The first-order chi connectivity index (χ1) is 16.4. The van der Waals surface area contributed by atoms with Gasteiger partial charge >= 0.3 is 0 Å². The third-order valence-corrected chi connectivity index (χ3v) is 6.53. The molecule has 0 fully saturated rings. The summed E-state index contributed by atoms with van der Waals surface area (Å²) in [4.78, 5) is 24.5. The first kappa shape index (κ1) is 21.7. The lowest BCUT2D eigenvalue weighted by molar-refractivity contribution is -0.118. The van der Waals surface area contributed by atoms with Crippen LogP contribution in [-0.2, 0) is 4.79 Å². The Kier molecular flexibility index (Phi) is 5.56. The maximum Gasteiger partial charge on any atom is 0.254 e. The van der Waals surface area contributed by atoms with Crippen LogP contribution in [0.15, 0.2) is 48.2 Å². The highest BCUT2D eigenvalue weighted by Crippen LogP contribution is 2.32. The Morgan fingerprint density at radius 2 is 2.06 bits per heavy atom. The monoisotopic (exact) mass is 473 g/mol. The van der Waals surface area contributed by atoms with Crippen LogP contribution < -0.4 is 5.32 Å². The quantitative estimate of drug-likeness (QED) is 0.415. The van der Waals surface area contributed by atoms with Crippen molar-refractivity contribution in [3.8, 4) is 10.6 Å². The number of H-pyrrole nitrogens is 1. The number of amides is 1. The second-order valence-electron chi connectivity index (χ2n) is 8.32. The molecule has 34 heavy (non-hydrogen) atoms. The number of aromatic amines is 1. The van der Waals surface area contributed by atoms with Gasteiger partial charge in [0.25, 0.3) is 5.91 Å². The molecule has 0 bridgehead atoms. The second-order valence-corrected chi connectivity index (χ2v) is 9.61.